The van der Waals surface area contributed by atoms with Crippen molar-refractivity contribution >= 4 is 65.0 Å². The Bertz CT molecular complexity index is 2210. The van der Waals surface area contributed by atoms with E-state index in [9.17, 15) is 43.7 Å². The molecule has 0 aliphatic carbocycles. The minimum atomic E-state index is -4.52. The quantitative estimate of drug-likeness (QED) is 0.0546. The number of hydrogen-bond acceptors (Lipinski definition) is 9. The van der Waals surface area contributed by atoms with Crippen LogP contribution >= 0.6 is 11.6 Å². The van der Waals surface area contributed by atoms with Crippen LogP contribution in [0.25, 0.3) is 0 Å². The van der Waals surface area contributed by atoms with Gasteiger partial charge >= 0.3 is 5.82 Å². The van der Waals surface area contributed by atoms with Crippen LogP contribution in [0, 0.1) is 0 Å². The predicted octanol–water partition coefficient (Wildman–Crippen LogP) is 7.52. The highest BCUT2D eigenvalue weighted by Crippen LogP contribution is 2.51. The van der Waals surface area contributed by atoms with Crippen molar-refractivity contribution in [2.75, 3.05) is 23.0 Å². The minimum Gasteiger partial charge on any atom is -0.344 e. The van der Waals surface area contributed by atoms with Gasteiger partial charge in [0.2, 0.25) is 0 Å². The normalized spacial score (nSPS) is 18.6. The Labute approximate surface area is 337 Å². The van der Waals surface area contributed by atoms with Gasteiger partial charge in [0.25, 0.3) is 30.4 Å². The number of aryl methyl sites for hydroxylation is 1. The second-order valence-electron chi connectivity index (χ2n) is 14.5. The molecule has 2 aromatic rings. The first-order chi connectivity index (χ1) is 26.0. The number of anilines is 1. The minimum absolute atomic E-state index is 0.116. The smallest absolute Gasteiger partial charge is 0.327 e. The van der Waals surface area contributed by atoms with Gasteiger partial charge < -0.3 is 9.69 Å². The number of aliphatic imine (C=N–C) groups is 1. The summed E-state index contributed by atoms with van der Waals surface area (Å²) in [4.78, 5) is 18.2. The molecule has 0 radical (unpaired) electrons. The molecule has 1 atom stereocenters. The van der Waals surface area contributed by atoms with Crippen molar-refractivity contribution in [3.05, 3.63) is 82.7 Å². The maximum absolute atomic E-state index is 12.2. The standard InChI is InChI=1S/C37H48ClN3O10S3.C2H6/c1-27(42)14-7-6-11-21-41-32-18-17-29(54(49,50)51)25-30(32)37(4,19-10-12-22-52(43,44)45)34(41)16-9-5-8-15-33-36(2,3)31-24-28(38)26-40(35(31)39-33)20-13-23-53(46,47)48;1-2/h5,8-9,15-18,24-26H,6-7,10-14,19-23H2,1-4H3,(H2-,43,44,45,46,47,48,49,50,51);1-2H3/p+1. The first-order valence-electron chi connectivity index (χ1n) is 18.7. The van der Waals surface area contributed by atoms with E-state index in [-0.39, 0.29) is 30.1 Å². The number of nitrogens with zero attached hydrogens (tertiary/aromatic N) is 3. The van der Waals surface area contributed by atoms with E-state index in [1.54, 1.807) is 23.8 Å². The van der Waals surface area contributed by atoms with Crippen LogP contribution in [-0.4, -0.2) is 68.5 Å². The molecule has 4 rings (SSSR count). The molecule has 0 saturated carbocycles. The number of carbonyl (C=O) groups is 1. The molecule has 0 amide bonds. The van der Waals surface area contributed by atoms with Gasteiger partial charge in [-0.05, 0) is 100 Å². The summed E-state index contributed by atoms with van der Waals surface area (Å²) in [5.41, 5.74) is 2.51. The maximum Gasteiger partial charge on any atom is 0.327 e. The summed E-state index contributed by atoms with van der Waals surface area (Å²) in [6.07, 6.45) is 14.9. The van der Waals surface area contributed by atoms with E-state index in [1.165, 1.54) is 12.1 Å². The zero-order valence-corrected chi connectivity index (χ0v) is 36.1. The van der Waals surface area contributed by atoms with Crippen LogP contribution in [0.1, 0.15) is 104 Å². The number of hydrogen-bond donors (Lipinski definition) is 3. The molecule has 1 unspecified atom stereocenters. The molecule has 3 heterocycles. The number of rotatable bonds is 19. The van der Waals surface area contributed by atoms with Gasteiger partial charge in [-0.3, -0.25) is 13.7 Å². The van der Waals surface area contributed by atoms with Crippen LogP contribution in [0.5, 0.6) is 0 Å². The van der Waals surface area contributed by atoms with Gasteiger partial charge in [0, 0.05) is 36.2 Å². The van der Waals surface area contributed by atoms with Gasteiger partial charge in [0.15, 0.2) is 5.71 Å². The lowest BCUT2D eigenvalue weighted by molar-refractivity contribution is -0.684. The summed E-state index contributed by atoms with van der Waals surface area (Å²) < 4.78 is 100. The molecule has 0 fully saturated rings. The van der Waals surface area contributed by atoms with Crippen LogP contribution in [-0.2, 0) is 52.5 Å². The Morgan fingerprint density at radius 2 is 1.52 bits per heavy atom. The monoisotopic (exact) mass is 856 g/mol. The van der Waals surface area contributed by atoms with Crippen molar-refractivity contribution < 1.29 is 48.3 Å². The fraction of sp³-hybridized carbons (Fsp3) is 0.513. The zero-order valence-electron chi connectivity index (χ0n) is 32.9. The zero-order chi connectivity index (χ0) is 42.1. The molecular weight excluding hydrogens is 802 g/mol. The van der Waals surface area contributed by atoms with Crippen molar-refractivity contribution in [1.82, 2.24) is 0 Å². The third kappa shape index (κ3) is 12.6. The molecule has 1 aromatic heterocycles. The number of pyridine rings is 1. The highest BCUT2D eigenvalue weighted by atomic mass is 35.5. The Balaban J connectivity index is 0.00000414. The number of benzene rings is 1. The van der Waals surface area contributed by atoms with Gasteiger partial charge in [-0.15, -0.1) is 0 Å². The van der Waals surface area contributed by atoms with E-state index < -0.39 is 52.7 Å². The van der Waals surface area contributed by atoms with Gasteiger partial charge in [-0.25, -0.2) is 4.57 Å². The highest BCUT2D eigenvalue weighted by molar-refractivity contribution is 7.86. The number of Topliss-reactive ketones (excluding diaryl/α,β-unsaturated/α-hetero) is 1. The van der Waals surface area contributed by atoms with Crippen LogP contribution in [0.2, 0.25) is 5.02 Å². The fourth-order valence-corrected chi connectivity index (χ4v) is 8.85. The third-order valence-corrected chi connectivity index (χ3v) is 12.6. The summed E-state index contributed by atoms with van der Waals surface area (Å²) in [7, 11) is -12.8. The highest BCUT2D eigenvalue weighted by Gasteiger charge is 2.44. The SMILES string of the molecule is CC.CC(=O)CCCCCN1/C(=C/C=C/C=C/C2=Nc3c(cc(Cl)c[n+]3CCCS(=O)(=O)O)C2(C)C)C(C)(CCCCS(=O)(=O)O)c2cc(S(=O)(=O)O)ccc21. The van der Waals surface area contributed by atoms with Crippen molar-refractivity contribution in [3.8, 4) is 0 Å². The van der Waals surface area contributed by atoms with Crippen molar-refractivity contribution in [2.45, 2.75) is 115 Å². The second kappa shape index (κ2) is 19.5. The first-order valence-corrected chi connectivity index (χ1v) is 23.7. The third-order valence-electron chi connectivity index (χ3n) is 9.89. The molecule has 310 valence electrons. The van der Waals surface area contributed by atoms with Gasteiger partial charge in [-0.2, -0.15) is 25.3 Å². The average molecular weight is 858 g/mol. The van der Waals surface area contributed by atoms with E-state index in [0.717, 1.165) is 41.9 Å². The maximum atomic E-state index is 12.2. The van der Waals surface area contributed by atoms with Crippen LogP contribution in [0.3, 0.4) is 0 Å². The average Bonchev–Trinajstić information content (AvgIpc) is 3.47. The molecule has 0 saturated heterocycles. The number of ketones is 1. The Morgan fingerprint density at radius 3 is 2.14 bits per heavy atom. The summed E-state index contributed by atoms with van der Waals surface area (Å²) in [5.74, 6) is -0.0483. The van der Waals surface area contributed by atoms with Crippen molar-refractivity contribution in [1.29, 1.82) is 0 Å². The van der Waals surface area contributed by atoms with Crippen LogP contribution in [0.15, 0.2) is 76.4 Å². The molecular formula is C39H55ClN3O10S3+. The van der Waals surface area contributed by atoms with E-state index in [1.807, 2.05) is 71.1 Å². The molecule has 3 N–H and O–H groups in total. The van der Waals surface area contributed by atoms with Crippen molar-refractivity contribution in [3.63, 3.8) is 0 Å². The number of carbonyl (C=O) groups excluding carboxylic acids is 1. The van der Waals surface area contributed by atoms with Crippen LogP contribution < -0.4 is 9.47 Å². The molecule has 2 aliphatic rings. The molecule has 0 bridgehead atoms. The summed E-state index contributed by atoms with van der Waals surface area (Å²) >= 11 is 6.43. The van der Waals surface area contributed by atoms with Crippen LogP contribution in [0.4, 0.5) is 11.5 Å². The number of allylic oxidation sites excluding steroid dienone is 6. The van der Waals surface area contributed by atoms with Gasteiger partial charge in [0.1, 0.15) is 12.0 Å². The predicted molar refractivity (Wildman–Crippen MR) is 221 cm³/mol. The number of fused-ring (bicyclic) bond motifs is 2. The van der Waals surface area contributed by atoms with E-state index >= 15 is 0 Å². The molecule has 13 nitrogen and oxygen atoms in total. The molecule has 2 aliphatic heterocycles. The van der Waals surface area contributed by atoms with E-state index in [2.05, 4.69) is 4.90 Å². The lowest BCUT2D eigenvalue weighted by atomic mass is 9.77. The molecule has 17 heteroatoms. The fourth-order valence-electron chi connectivity index (χ4n) is 7.05. The Kier molecular flexibility index (Phi) is 16.4. The Morgan fingerprint density at radius 1 is 0.857 bits per heavy atom. The second-order valence-corrected chi connectivity index (χ2v) is 19.5. The molecule has 56 heavy (non-hydrogen) atoms. The number of halogens is 1. The summed E-state index contributed by atoms with van der Waals surface area (Å²) in [6, 6.07) is 6.30. The lowest BCUT2D eigenvalue weighted by Crippen LogP contribution is -2.36. The molecule has 0 spiro atoms. The first kappa shape index (κ1) is 47.1. The summed E-state index contributed by atoms with van der Waals surface area (Å²) in [6.45, 7) is 12.4. The van der Waals surface area contributed by atoms with Gasteiger partial charge in [0.05, 0.1) is 38.9 Å². The van der Waals surface area contributed by atoms with E-state index in [0.29, 0.717) is 42.2 Å². The molecule has 1 aromatic carbocycles. The van der Waals surface area contributed by atoms with E-state index in [4.69, 9.17) is 16.6 Å². The topological polar surface area (TPSA) is 200 Å². The largest absolute Gasteiger partial charge is 0.344 e. The lowest BCUT2D eigenvalue weighted by Gasteiger charge is -2.30. The Hall–Kier alpha value is -3.25. The number of unbranched alkanes of at least 4 members (excludes halogenated alkanes) is 3. The van der Waals surface area contributed by atoms with Crippen molar-refractivity contribution in [2.24, 2.45) is 4.99 Å². The number of aromatic nitrogens is 1. The summed E-state index contributed by atoms with van der Waals surface area (Å²) in [5, 5.41) is 0.464. The van der Waals surface area contributed by atoms with Gasteiger partial charge in [-0.1, -0.05) is 56.5 Å².